The van der Waals surface area contributed by atoms with Crippen LogP contribution >= 0.6 is 0 Å². The Morgan fingerprint density at radius 3 is 2.70 bits per heavy atom. The van der Waals surface area contributed by atoms with Gasteiger partial charge in [-0.25, -0.2) is 0 Å². The van der Waals surface area contributed by atoms with Gasteiger partial charge in [-0.2, -0.15) is 5.10 Å². The number of rotatable bonds is 6. The number of H-pyrrole nitrogens is 1. The van der Waals surface area contributed by atoms with Crippen LogP contribution in [0.1, 0.15) is 34.2 Å². The molecule has 3 N–H and O–H groups in total. The molecule has 9 nitrogen and oxygen atoms in total. The molecule has 3 aromatic rings. The van der Waals surface area contributed by atoms with E-state index in [4.69, 9.17) is 0 Å². The van der Waals surface area contributed by atoms with Crippen molar-refractivity contribution in [2.45, 2.75) is 13.3 Å². The lowest BCUT2D eigenvalue weighted by atomic mass is 10.1. The molecule has 1 heterocycles. The fourth-order valence-electron chi connectivity index (χ4n) is 2.59. The summed E-state index contributed by atoms with van der Waals surface area (Å²) in [5.74, 6) is -0.868. The van der Waals surface area contributed by atoms with Crippen LogP contribution in [0.15, 0.2) is 42.5 Å². The molecule has 3 rings (SSSR count). The van der Waals surface area contributed by atoms with Crippen LogP contribution < -0.4 is 10.6 Å². The van der Waals surface area contributed by atoms with Gasteiger partial charge in [0.15, 0.2) is 5.69 Å². The number of hydrogen-bond acceptors (Lipinski definition) is 5. The third-order valence-electron chi connectivity index (χ3n) is 3.93. The third kappa shape index (κ3) is 3.76. The Labute approximate surface area is 153 Å². The molecule has 2 aromatic carbocycles. The lowest BCUT2D eigenvalue weighted by Crippen LogP contribution is -2.25. The topological polar surface area (TPSA) is 130 Å². The first-order valence-electron chi connectivity index (χ1n) is 8.32. The predicted molar refractivity (Wildman–Crippen MR) is 99.8 cm³/mol. The van der Waals surface area contributed by atoms with Crippen LogP contribution in [0.3, 0.4) is 0 Å². The first-order valence-corrected chi connectivity index (χ1v) is 8.32. The molecule has 0 spiro atoms. The quantitative estimate of drug-likeness (QED) is 0.455. The van der Waals surface area contributed by atoms with E-state index in [0.717, 1.165) is 6.42 Å². The van der Waals surface area contributed by atoms with Crippen molar-refractivity contribution in [1.29, 1.82) is 0 Å². The van der Waals surface area contributed by atoms with Crippen molar-refractivity contribution in [1.82, 2.24) is 15.5 Å². The van der Waals surface area contributed by atoms with Crippen LogP contribution in [0.4, 0.5) is 11.4 Å². The minimum atomic E-state index is -0.572. The average molecular weight is 367 g/mol. The van der Waals surface area contributed by atoms with E-state index in [1.54, 1.807) is 24.3 Å². The molecule has 0 fully saturated rings. The standard InChI is InChI=1S/C18H17N5O4/c1-2-9-19-17(24)12-5-3-4-6-14(12)20-18(25)16-13-10-11(23(26)27)7-8-15(13)21-22-16/h3-8,10H,2,9H2,1H3,(H,19,24)(H,20,25)(H,21,22). The molecule has 27 heavy (non-hydrogen) atoms. The van der Waals surface area contributed by atoms with Gasteiger partial charge in [-0.05, 0) is 24.6 Å². The summed E-state index contributed by atoms with van der Waals surface area (Å²) in [6.45, 7) is 2.46. The normalized spacial score (nSPS) is 10.6. The molecule has 2 amide bonds. The van der Waals surface area contributed by atoms with E-state index in [2.05, 4.69) is 20.8 Å². The number of aromatic amines is 1. The van der Waals surface area contributed by atoms with E-state index in [1.165, 1.54) is 18.2 Å². The van der Waals surface area contributed by atoms with Gasteiger partial charge < -0.3 is 10.6 Å². The first-order chi connectivity index (χ1) is 13.0. The lowest BCUT2D eigenvalue weighted by molar-refractivity contribution is -0.384. The molecule has 9 heteroatoms. The van der Waals surface area contributed by atoms with Crippen molar-refractivity contribution in [3.05, 3.63) is 63.8 Å². The number of carbonyl (C=O) groups excluding carboxylic acids is 2. The van der Waals surface area contributed by atoms with Crippen LogP contribution in [0.25, 0.3) is 10.9 Å². The number of nitro benzene ring substituents is 1. The summed E-state index contributed by atoms with van der Waals surface area (Å²) in [7, 11) is 0. The zero-order valence-corrected chi connectivity index (χ0v) is 14.5. The van der Waals surface area contributed by atoms with Gasteiger partial charge in [-0.1, -0.05) is 19.1 Å². The maximum Gasteiger partial charge on any atom is 0.276 e. The number of nitro groups is 1. The average Bonchev–Trinajstić information content (AvgIpc) is 3.09. The van der Waals surface area contributed by atoms with Gasteiger partial charge in [0.25, 0.3) is 17.5 Å². The van der Waals surface area contributed by atoms with Crippen LogP contribution in [0.2, 0.25) is 0 Å². The number of nitrogens with zero attached hydrogens (tertiary/aromatic N) is 2. The second-order valence-electron chi connectivity index (χ2n) is 5.81. The summed E-state index contributed by atoms with van der Waals surface area (Å²) in [6, 6.07) is 10.7. The fraction of sp³-hybridized carbons (Fsp3) is 0.167. The smallest absolute Gasteiger partial charge is 0.276 e. The Balaban J connectivity index is 1.90. The summed E-state index contributed by atoms with van der Waals surface area (Å²) in [4.78, 5) is 35.4. The van der Waals surface area contributed by atoms with Crippen molar-refractivity contribution in [3.8, 4) is 0 Å². The summed E-state index contributed by atoms with van der Waals surface area (Å²) in [5, 5.41) is 23.4. The summed E-state index contributed by atoms with van der Waals surface area (Å²) in [6.07, 6.45) is 0.790. The Morgan fingerprint density at radius 1 is 1.19 bits per heavy atom. The monoisotopic (exact) mass is 367 g/mol. The van der Waals surface area contributed by atoms with Crippen LogP contribution in [-0.2, 0) is 0 Å². The van der Waals surface area contributed by atoms with E-state index in [0.29, 0.717) is 28.7 Å². The van der Waals surface area contributed by atoms with E-state index in [9.17, 15) is 19.7 Å². The second-order valence-corrected chi connectivity index (χ2v) is 5.81. The van der Waals surface area contributed by atoms with Crippen molar-refractivity contribution in [3.63, 3.8) is 0 Å². The zero-order chi connectivity index (χ0) is 19.4. The fourth-order valence-corrected chi connectivity index (χ4v) is 2.59. The van der Waals surface area contributed by atoms with Gasteiger partial charge >= 0.3 is 0 Å². The summed E-state index contributed by atoms with van der Waals surface area (Å²) >= 11 is 0. The van der Waals surface area contributed by atoms with E-state index >= 15 is 0 Å². The minimum absolute atomic E-state index is 0.0115. The van der Waals surface area contributed by atoms with Crippen LogP contribution in [-0.4, -0.2) is 33.5 Å². The van der Waals surface area contributed by atoms with Gasteiger partial charge in [0, 0.05) is 24.1 Å². The van der Waals surface area contributed by atoms with Crippen LogP contribution in [0.5, 0.6) is 0 Å². The van der Waals surface area contributed by atoms with Crippen molar-refractivity contribution < 1.29 is 14.5 Å². The molecular weight excluding hydrogens is 350 g/mol. The number of fused-ring (bicyclic) bond motifs is 1. The largest absolute Gasteiger partial charge is 0.352 e. The van der Waals surface area contributed by atoms with E-state index in [-0.39, 0.29) is 17.3 Å². The Morgan fingerprint density at radius 2 is 1.96 bits per heavy atom. The number of carbonyl (C=O) groups is 2. The molecule has 0 unspecified atom stereocenters. The van der Waals surface area contributed by atoms with E-state index < -0.39 is 10.8 Å². The molecule has 0 radical (unpaired) electrons. The molecule has 0 aliphatic heterocycles. The number of anilines is 1. The molecule has 138 valence electrons. The molecule has 0 saturated heterocycles. The highest BCUT2D eigenvalue weighted by molar-refractivity contribution is 6.13. The van der Waals surface area contributed by atoms with Gasteiger partial charge in [-0.3, -0.25) is 24.8 Å². The van der Waals surface area contributed by atoms with Gasteiger partial charge in [0.1, 0.15) is 0 Å². The van der Waals surface area contributed by atoms with Crippen molar-refractivity contribution >= 4 is 34.1 Å². The molecule has 0 aliphatic carbocycles. The first kappa shape index (κ1) is 18.1. The second kappa shape index (κ2) is 7.65. The predicted octanol–water partition coefficient (Wildman–Crippen LogP) is 2.86. The lowest BCUT2D eigenvalue weighted by Gasteiger charge is -2.10. The van der Waals surface area contributed by atoms with Crippen molar-refractivity contribution in [2.75, 3.05) is 11.9 Å². The maximum absolute atomic E-state index is 12.7. The number of aromatic nitrogens is 2. The number of nitrogens with one attached hydrogen (secondary N) is 3. The number of amides is 2. The number of benzene rings is 2. The number of non-ortho nitro benzene ring substituents is 1. The minimum Gasteiger partial charge on any atom is -0.352 e. The molecule has 0 saturated carbocycles. The summed E-state index contributed by atoms with van der Waals surface area (Å²) in [5.41, 5.74) is 1.03. The zero-order valence-electron chi connectivity index (χ0n) is 14.5. The Bertz CT molecular complexity index is 1030. The van der Waals surface area contributed by atoms with Gasteiger partial charge in [-0.15, -0.1) is 0 Å². The van der Waals surface area contributed by atoms with Crippen molar-refractivity contribution in [2.24, 2.45) is 0 Å². The van der Waals surface area contributed by atoms with Gasteiger partial charge in [0.2, 0.25) is 0 Å². The van der Waals surface area contributed by atoms with Gasteiger partial charge in [0.05, 0.1) is 21.7 Å². The highest BCUT2D eigenvalue weighted by Crippen LogP contribution is 2.23. The molecular formula is C18H17N5O4. The summed E-state index contributed by atoms with van der Waals surface area (Å²) < 4.78 is 0. The Hall–Kier alpha value is -3.75. The highest BCUT2D eigenvalue weighted by atomic mass is 16.6. The molecule has 0 aliphatic rings. The number of hydrogen-bond donors (Lipinski definition) is 3. The highest BCUT2D eigenvalue weighted by Gasteiger charge is 2.19. The Kier molecular flexibility index (Phi) is 5.11. The maximum atomic E-state index is 12.7. The molecule has 0 atom stereocenters. The number of para-hydroxylation sites is 1. The van der Waals surface area contributed by atoms with Crippen LogP contribution in [0, 0.1) is 10.1 Å². The third-order valence-corrected chi connectivity index (χ3v) is 3.93. The molecule has 1 aromatic heterocycles. The molecule has 0 bridgehead atoms. The van der Waals surface area contributed by atoms with E-state index in [1.807, 2.05) is 6.92 Å². The SMILES string of the molecule is CCCNC(=O)c1ccccc1NC(=O)c1n[nH]c2ccc([N+](=O)[O-])cc12.